The Morgan fingerprint density at radius 2 is 2.10 bits per heavy atom. The van der Waals surface area contributed by atoms with Gasteiger partial charge in [-0.25, -0.2) is 4.79 Å². The van der Waals surface area contributed by atoms with Crippen LogP contribution in [0.25, 0.3) is 33.1 Å². The average molecular weight is 408 g/mol. The predicted molar refractivity (Wildman–Crippen MR) is 114 cm³/mol. The molecule has 0 radical (unpaired) electrons. The van der Waals surface area contributed by atoms with Crippen molar-refractivity contribution in [1.82, 2.24) is 28.8 Å². The number of aryl methyl sites for hydroxylation is 2. The van der Waals surface area contributed by atoms with E-state index in [1.54, 1.807) is 35.8 Å². The summed E-state index contributed by atoms with van der Waals surface area (Å²) >= 11 is 0. The highest BCUT2D eigenvalue weighted by atomic mass is 16.5. The van der Waals surface area contributed by atoms with Crippen molar-refractivity contribution in [1.29, 1.82) is 0 Å². The van der Waals surface area contributed by atoms with Gasteiger partial charge in [0.05, 0.1) is 53.5 Å². The third-order valence-corrected chi connectivity index (χ3v) is 5.63. The smallest absolute Gasteiger partial charge is 0.329 e. The molecule has 5 rings (SSSR count). The summed E-state index contributed by atoms with van der Waals surface area (Å²) in [5, 5.41) is 5.16. The van der Waals surface area contributed by atoms with Crippen LogP contribution >= 0.6 is 0 Å². The molecule has 30 heavy (non-hydrogen) atoms. The van der Waals surface area contributed by atoms with Gasteiger partial charge in [0.25, 0.3) is 0 Å². The number of benzene rings is 1. The minimum Gasteiger partial charge on any atom is -0.496 e. The highest BCUT2D eigenvalue weighted by Gasteiger charge is 2.30. The molecule has 0 amide bonds. The molecule has 0 fully saturated rings. The average Bonchev–Trinajstić information content (AvgIpc) is 3.17. The number of aromatic nitrogens is 5. The van der Waals surface area contributed by atoms with Crippen molar-refractivity contribution in [3.05, 3.63) is 35.1 Å². The zero-order valence-electron chi connectivity index (χ0n) is 17.7. The quantitative estimate of drug-likeness (QED) is 0.511. The monoisotopic (exact) mass is 408 g/mol. The Kier molecular flexibility index (Phi) is 4.11. The van der Waals surface area contributed by atoms with Crippen molar-refractivity contribution in [2.24, 2.45) is 14.1 Å². The molecule has 9 heteroatoms. The zero-order valence-corrected chi connectivity index (χ0v) is 17.7. The fourth-order valence-electron chi connectivity index (χ4n) is 4.35. The number of likely N-dealkylation sites (N-methyl/N-ethyl adjacent to an activating group) is 1. The maximum absolute atomic E-state index is 13.0. The van der Waals surface area contributed by atoms with Gasteiger partial charge in [0.15, 0.2) is 0 Å². The molecule has 4 heterocycles. The summed E-state index contributed by atoms with van der Waals surface area (Å²) in [5.74, 6) is 1.34. The minimum absolute atomic E-state index is 0.0711. The van der Waals surface area contributed by atoms with E-state index in [1.807, 2.05) is 38.0 Å². The van der Waals surface area contributed by atoms with Crippen LogP contribution in [0.3, 0.4) is 0 Å². The van der Waals surface area contributed by atoms with Crippen LogP contribution in [0.15, 0.2) is 29.5 Å². The molecule has 0 saturated carbocycles. The number of imidazole rings is 1. The first kappa shape index (κ1) is 18.7. The Morgan fingerprint density at radius 1 is 1.30 bits per heavy atom. The van der Waals surface area contributed by atoms with Crippen LogP contribution in [0.4, 0.5) is 0 Å². The molecule has 0 saturated heterocycles. The Balaban J connectivity index is 1.94. The van der Waals surface area contributed by atoms with Crippen molar-refractivity contribution in [3.8, 4) is 22.6 Å². The summed E-state index contributed by atoms with van der Waals surface area (Å²) < 4.78 is 17.6. The molecule has 0 bridgehead atoms. The molecule has 9 nitrogen and oxygen atoms in total. The number of hydrogen-bond acceptors (Lipinski definition) is 6. The Morgan fingerprint density at radius 3 is 2.77 bits per heavy atom. The predicted octanol–water partition coefficient (Wildman–Crippen LogP) is 1.62. The fraction of sp³-hybridized carbons (Fsp3) is 0.381. The van der Waals surface area contributed by atoms with Gasteiger partial charge < -0.3 is 14.4 Å². The van der Waals surface area contributed by atoms with Crippen LogP contribution in [0.5, 0.6) is 11.5 Å². The summed E-state index contributed by atoms with van der Waals surface area (Å²) in [5.41, 5.74) is 3.99. The van der Waals surface area contributed by atoms with Crippen molar-refractivity contribution in [2.45, 2.75) is 12.6 Å². The lowest BCUT2D eigenvalue weighted by Gasteiger charge is -2.23. The minimum atomic E-state index is -0.221. The van der Waals surface area contributed by atoms with Crippen LogP contribution in [0, 0.1) is 0 Å². The van der Waals surface area contributed by atoms with Gasteiger partial charge in [-0.3, -0.25) is 18.8 Å². The van der Waals surface area contributed by atoms with E-state index in [0.29, 0.717) is 24.6 Å². The molecular weight excluding hydrogens is 384 g/mol. The molecule has 0 spiro atoms. The van der Waals surface area contributed by atoms with E-state index in [-0.39, 0.29) is 11.8 Å². The molecule has 1 aliphatic heterocycles. The molecule has 0 N–H and O–H groups in total. The fourth-order valence-corrected chi connectivity index (χ4v) is 4.35. The van der Waals surface area contributed by atoms with Gasteiger partial charge in [0, 0.05) is 38.5 Å². The SMILES string of the molecule is COc1cc2ncc3c4c2c(c1-c1cnn(C)c1)OC(CN(C)C)Cn4c(=O)n3C. The van der Waals surface area contributed by atoms with Gasteiger partial charge in [-0.1, -0.05) is 0 Å². The van der Waals surface area contributed by atoms with E-state index in [0.717, 1.165) is 33.1 Å². The lowest BCUT2D eigenvalue weighted by molar-refractivity contribution is 0.147. The number of ether oxygens (including phenoxy) is 2. The third kappa shape index (κ3) is 2.62. The Hall–Kier alpha value is -3.33. The van der Waals surface area contributed by atoms with E-state index in [9.17, 15) is 4.79 Å². The zero-order chi connectivity index (χ0) is 21.2. The lowest BCUT2D eigenvalue weighted by Crippen LogP contribution is -2.36. The van der Waals surface area contributed by atoms with Crippen LogP contribution in [0.2, 0.25) is 0 Å². The molecule has 0 aliphatic carbocycles. The Labute approximate surface area is 173 Å². The number of rotatable bonds is 4. The second-order valence-electron chi connectivity index (χ2n) is 8.03. The summed E-state index contributed by atoms with van der Waals surface area (Å²) in [6.07, 6.45) is 5.25. The topological polar surface area (TPSA) is 79.3 Å². The van der Waals surface area contributed by atoms with E-state index in [4.69, 9.17) is 9.47 Å². The van der Waals surface area contributed by atoms with Crippen LogP contribution in [-0.2, 0) is 20.6 Å². The second-order valence-corrected chi connectivity index (χ2v) is 8.03. The summed E-state index contributed by atoms with van der Waals surface area (Å²) in [6.45, 7) is 1.12. The van der Waals surface area contributed by atoms with E-state index in [2.05, 4.69) is 15.0 Å². The van der Waals surface area contributed by atoms with Gasteiger partial charge in [-0.2, -0.15) is 5.10 Å². The lowest BCUT2D eigenvalue weighted by atomic mass is 10.0. The first-order valence-corrected chi connectivity index (χ1v) is 9.78. The van der Waals surface area contributed by atoms with E-state index in [1.165, 1.54) is 0 Å². The second kappa shape index (κ2) is 6.60. The highest BCUT2D eigenvalue weighted by molar-refractivity contribution is 6.10. The Bertz CT molecular complexity index is 1350. The summed E-state index contributed by atoms with van der Waals surface area (Å²) in [7, 11) is 9.28. The normalized spacial score (nSPS) is 15.9. The molecule has 1 aromatic carbocycles. The molecule has 1 atom stereocenters. The summed E-state index contributed by atoms with van der Waals surface area (Å²) in [6, 6.07) is 1.90. The first-order valence-electron chi connectivity index (χ1n) is 9.78. The number of methoxy groups -OCH3 is 1. The standard InChI is InChI=1S/C21H24N6O3/c1-24(2)10-13-11-27-19-15(26(4)21(27)28)8-22-14-6-16(29-5)17(20(30-13)18(14)19)12-7-23-25(3)9-12/h6-9,13H,10-11H2,1-5H3. The molecule has 1 aliphatic rings. The first-order chi connectivity index (χ1) is 14.4. The summed E-state index contributed by atoms with van der Waals surface area (Å²) in [4.78, 5) is 19.7. The van der Waals surface area contributed by atoms with E-state index < -0.39 is 0 Å². The van der Waals surface area contributed by atoms with Crippen LogP contribution < -0.4 is 15.2 Å². The molecule has 1 unspecified atom stereocenters. The largest absolute Gasteiger partial charge is 0.496 e. The molecule has 4 aromatic rings. The maximum atomic E-state index is 13.0. The molecular formula is C21H24N6O3. The highest BCUT2D eigenvalue weighted by Crippen LogP contribution is 2.46. The van der Waals surface area contributed by atoms with E-state index >= 15 is 0 Å². The number of pyridine rings is 1. The van der Waals surface area contributed by atoms with Gasteiger partial charge in [0.1, 0.15) is 17.6 Å². The van der Waals surface area contributed by atoms with Crippen molar-refractivity contribution < 1.29 is 9.47 Å². The maximum Gasteiger partial charge on any atom is 0.329 e. The van der Waals surface area contributed by atoms with Crippen molar-refractivity contribution >= 4 is 21.9 Å². The third-order valence-electron chi connectivity index (χ3n) is 5.63. The van der Waals surface area contributed by atoms with Crippen molar-refractivity contribution in [3.63, 3.8) is 0 Å². The van der Waals surface area contributed by atoms with Gasteiger partial charge >= 0.3 is 5.69 Å². The van der Waals surface area contributed by atoms with Crippen LogP contribution in [0.1, 0.15) is 0 Å². The van der Waals surface area contributed by atoms with Gasteiger partial charge in [-0.15, -0.1) is 0 Å². The number of nitrogens with zero attached hydrogens (tertiary/aromatic N) is 6. The van der Waals surface area contributed by atoms with Crippen LogP contribution in [-0.4, -0.2) is 62.7 Å². The van der Waals surface area contributed by atoms with Gasteiger partial charge in [-0.05, 0) is 14.1 Å². The molecule has 156 valence electrons. The van der Waals surface area contributed by atoms with Crippen molar-refractivity contribution in [2.75, 3.05) is 27.7 Å². The number of hydrogen-bond donors (Lipinski definition) is 0. The molecule has 3 aromatic heterocycles. The van der Waals surface area contributed by atoms with Gasteiger partial charge in [0.2, 0.25) is 0 Å².